The van der Waals surface area contributed by atoms with Gasteiger partial charge in [0, 0.05) is 38.7 Å². The molecule has 1 saturated heterocycles. The third-order valence-electron chi connectivity index (χ3n) is 6.51. The molecule has 12 heteroatoms. The highest BCUT2D eigenvalue weighted by atomic mass is 32.2. The van der Waals surface area contributed by atoms with E-state index in [1.54, 1.807) is 19.3 Å². The summed E-state index contributed by atoms with van der Waals surface area (Å²) < 4.78 is 55.7. The average Bonchev–Trinajstić information content (AvgIpc) is 2.93. The maximum absolute atomic E-state index is 14.1. The summed E-state index contributed by atoms with van der Waals surface area (Å²) in [5.41, 5.74) is 11.4. The number of carbonyl (C=O) groups is 1. The van der Waals surface area contributed by atoms with E-state index in [0.717, 1.165) is 18.3 Å². The fourth-order valence-corrected chi connectivity index (χ4v) is 5.63. The number of hydrogen-bond acceptors (Lipinski definition) is 8. The Hall–Kier alpha value is -3.77. The summed E-state index contributed by atoms with van der Waals surface area (Å²) in [5, 5.41) is 0. The molecule has 7 nitrogen and oxygen atoms in total. The number of alkyl halides is 3. The standard InChI is InChI=1S/C27H26F4N6OS/c1-34-15-22(14-33)39-37-9-7-18-10-23(36-21-4-2-20(28)3-5-21)17(13-32)12-26(18,16-37)25(38)24-11-19(6-8-35-24)27(29,30)31/h2-6,8,10-11,13-15H,7,9,12,16,32-33H2,1H3. The summed E-state index contributed by atoms with van der Waals surface area (Å²) in [6, 6.07) is 7.21. The Morgan fingerprint density at radius 1 is 1.21 bits per heavy atom. The maximum Gasteiger partial charge on any atom is 0.416 e. The average molecular weight is 559 g/mol. The molecule has 2 aliphatic rings. The van der Waals surface area contributed by atoms with Gasteiger partial charge < -0.3 is 11.5 Å². The summed E-state index contributed by atoms with van der Waals surface area (Å²) in [6.45, 7) is 0.693. The highest BCUT2D eigenvalue weighted by Crippen LogP contribution is 2.48. The molecule has 1 aliphatic heterocycles. The van der Waals surface area contributed by atoms with Gasteiger partial charge in [0.05, 0.1) is 27.3 Å². The number of aromatic nitrogens is 1. The molecule has 0 amide bonds. The number of nitrogens with two attached hydrogens (primary N) is 2. The van der Waals surface area contributed by atoms with Crippen molar-refractivity contribution in [2.75, 3.05) is 20.1 Å². The number of piperidine rings is 1. The van der Waals surface area contributed by atoms with Crippen LogP contribution >= 0.6 is 11.9 Å². The second kappa shape index (κ2) is 11.5. The molecule has 204 valence electrons. The van der Waals surface area contributed by atoms with Gasteiger partial charge in [0.15, 0.2) is 5.78 Å². The van der Waals surface area contributed by atoms with E-state index in [1.807, 2.05) is 4.31 Å². The summed E-state index contributed by atoms with van der Waals surface area (Å²) in [5.74, 6) is -0.953. The van der Waals surface area contributed by atoms with Crippen molar-refractivity contribution in [2.45, 2.75) is 19.0 Å². The minimum absolute atomic E-state index is 0.0900. The van der Waals surface area contributed by atoms with E-state index in [2.05, 4.69) is 15.0 Å². The molecule has 1 aromatic carbocycles. The quantitative estimate of drug-likeness (QED) is 0.218. The molecule has 0 radical (unpaired) electrons. The van der Waals surface area contributed by atoms with Gasteiger partial charge in [-0.3, -0.25) is 14.8 Å². The highest BCUT2D eigenvalue weighted by molar-refractivity contribution is 8.01. The van der Waals surface area contributed by atoms with Gasteiger partial charge in [0.25, 0.3) is 0 Å². The van der Waals surface area contributed by atoms with Crippen LogP contribution in [-0.4, -0.2) is 47.1 Å². The molecule has 4 rings (SSSR count). The van der Waals surface area contributed by atoms with Crippen molar-refractivity contribution in [1.82, 2.24) is 9.29 Å². The molecule has 1 unspecified atom stereocenters. The number of pyridine rings is 1. The van der Waals surface area contributed by atoms with Gasteiger partial charge in [-0.05, 0) is 79.0 Å². The first-order valence-electron chi connectivity index (χ1n) is 11.9. The zero-order valence-electron chi connectivity index (χ0n) is 21.0. The number of halogens is 4. The number of fused-ring (bicyclic) bond motifs is 1. The van der Waals surface area contributed by atoms with Crippen LogP contribution < -0.4 is 11.5 Å². The first-order valence-corrected chi connectivity index (χ1v) is 12.7. The largest absolute Gasteiger partial charge is 0.416 e. The normalized spacial score (nSPS) is 22.8. The van der Waals surface area contributed by atoms with Crippen molar-refractivity contribution < 1.29 is 22.4 Å². The van der Waals surface area contributed by atoms with E-state index in [0.29, 0.717) is 40.4 Å². The number of Topliss-reactive ketones (excluding diaryl/α,β-unsaturated/α-hetero) is 1. The Morgan fingerprint density at radius 3 is 2.59 bits per heavy atom. The maximum atomic E-state index is 14.1. The van der Waals surface area contributed by atoms with Gasteiger partial charge in [0.1, 0.15) is 11.5 Å². The second-order valence-corrected chi connectivity index (χ2v) is 10.2. The molecule has 4 N–H and O–H groups in total. The summed E-state index contributed by atoms with van der Waals surface area (Å²) in [6.07, 6.45) is 2.95. The van der Waals surface area contributed by atoms with Crippen LogP contribution in [0.2, 0.25) is 0 Å². The van der Waals surface area contributed by atoms with Gasteiger partial charge in [-0.15, -0.1) is 0 Å². The van der Waals surface area contributed by atoms with Crippen LogP contribution in [0.1, 0.15) is 28.9 Å². The lowest BCUT2D eigenvalue weighted by atomic mass is 9.64. The SMILES string of the molecule is CN=CC(=CN)SN1CCC2=CC(=Nc3ccc(F)cc3)C(=CN)CC2(C(=O)c2cc(C(F)(F)F)ccn2)C1. The summed E-state index contributed by atoms with van der Waals surface area (Å²) >= 11 is 1.30. The molecule has 1 atom stereocenters. The Labute approximate surface area is 227 Å². The van der Waals surface area contributed by atoms with Gasteiger partial charge in [0.2, 0.25) is 0 Å². The molecular formula is C27H26F4N6OS. The van der Waals surface area contributed by atoms with Crippen molar-refractivity contribution in [2.24, 2.45) is 26.9 Å². The molecule has 2 aromatic rings. The second-order valence-electron chi connectivity index (χ2n) is 9.01. The first kappa shape index (κ1) is 28.2. The predicted molar refractivity (Wildman–Crippen MR) is 145 cm³/mol. The minimum atomic E-state index is -4.63. The lowest BCUT2D eigenvalue weighted by Crippen LogP contribution is -2.49. The third-order valence-corrected chi connectivity index (χ3v) is 7.53. The van der Waals surface area contributed by atoms with Crippen LogP contribution in [-0.2, 0) is 6.18 Å². The number of allylic oxidation sites excluding steroid dienone is 3. The Bertz CT molecular complexity index is 1400. The Morgan fingerprint density at radius 2 is 1.95 bits per heavy atom. The van der Waals surface area contributed by atoms with Crippen molar-refractivity contribution in [3.8, 4) is 0 Å². The molecule has 39 heavy (non-hydrogen) atoms. The van der Waals surface area contributed by atoms with Crippen molar-refractivity contribution in [3.05, 3.63) is 94.2 Å². The van der Waals surface area contributed by atoms with Crippen LogP contribution in [0.25, 0.3) is 0 Å². The van der Waals surface area contributed by atoms with Crippen molar-refractivity contribution >= 4 is 35.3 Å². The van der Waals surface area contributed by atoms with Gasteiger partial charge in [-0.2, -0.15) is 13.2 Å². The third kappa shape index (κ3) is 6.12. The van der Waals surface area contributed by atoms with E-state index in [1.165, 1.54) is 48.6 Å². The molecule has 2 heterocycles. The monoisotopic (exact) mass is 558 g/mol. The van der Waals surface area contributed by atoms with Crippen LogP contribution in [0.4, 0.5) is 23.2 Å². The molecule has 0 spiro atoms. The number of rotatable bonds is 6. The number of benzene rings is 1. The smallest absolute Gasteiger partial charge is 0.404 e. The molecule has 1 aromatic heterocycles. The van der Waals surface area contributed by atoms with E-state index in [4.69, 9.17) is 11.5 Å². The molecule has 1 fully saturated rings. The van der Waals surface area contributed by atoms with E-state index >= 15 is 0 Å². The molecular weight excluding hydrogens is 532 g/mol. The summed E-state index contributed by atoms with van der Waals surface area (Å²) in [4.78, 5) is 27.4. The number of hydrogen-bond donors (Lipinski definition) is 2. The molecule has 0 saturated carbocycles. The zero-order chi connectivity index (χ0) is 28.2. The molecule has 1 aliphatic carbocycles. The molecule has 0 bridgehead atoms. The van der Waals surface area contributed by atoms with Gasteiger partial charge in [-0.25, -0.2) is 13.7 Å². The van der Waals surface area contributed by atoms with Crippen molar-refractivity contribution in [1.29, 1.82) is 0 Å². The fourth-order valence-electron chi connectivity index (χ4n) is 4.65. The highest BCUT2D eigenvalue weighted by Gasteiger charge is 2.50. The van der Waals surface area contributed by atoms with Crippen molar-refractivity contribution in [3.63, 3.8) is 0 Å². The lowest BCUT2D eigenvalue weighted by Gasteiger charge is -2.45. The number of nitrogens with zero attached hydrogens (tertiary/aromatic N) is 4. The predicted octanol–water partition coefficient (Wildman–Crippen LogP) is 5.21. The van der Waals surface area contributed by atoms with Crippen LogP contribution in [0.15, 0.2) is 87.1 Å². The first-order chi connectivity index (χ1) is 18.6. The Balaban J connectivity index is 1.81. The van der Waals surface area contributed by atoms with Crippen LogP contribution in [0.5, 0.6) is 0 Å². The number of ketones is 1. The van der Waals surface area contributed by atoms with Crippen LogP contribution in [0, 0.1) is 11.2 Å². The lowest BCUT2D eigenvalue weighted by molar-refractivity contribution is -0.137. The fraction of sp³-hybridized carbons (Fsp3) is 0.259. The van der Waals surface area contributed by atoms with Crippen LogP contribution in [0.3, 0.4) is 0 Å². The Kier molecular flexibility index (Phi) is 8.36. The number of carbonyl (C=O) groups excluding carboxylic acids is 1. The van der Waals surface area contributed by atoms with E-state index in [-0.39, 0.29) is 18.7 Å². The van der Waals surface area contributed by atoms with Gasteiger partial charge in [-0.1, -0.05) is 5.57 Å². The zero-order valence-corrected chi connectivity index (χ0v) is 21.8. The van der Waals surface area contributed by atoms with E-state index in [9.17, 15) is 22.4 Å². The summed E-state index contributed by atoms with van der Waals surface area (Å²) in [7, 11) is 1.60. The minimum Gasteiger partial charge on any atom is -0.404 e. The van der Waals surface area contributed by atoms with Gasteiger partial charge >= 0.3 is 6.18 Å². The van der Waals surface area contributed by atoms with E-state index < -0.39 is 28.8 Å². The number of aliphatic imine (C=N–C) groups is 2. The topological polar surface area (TPSA) is 110 Å².